The molecule has 0 saturated carbocycles. The first-order valence-electron chi connectivity index (χ1n) is 6.04. The molecule has 2 rings (SSSR count). The number of carbonyl (C=O) groups excluding carboxylic acids is 1. The topological polar surface area (TPSA) is 87.2 Å². The second-order valence-corrected chi connectivity index (χ2v) is 3.95. The van der Waals surface area contributed by atoms with E-state index in [1.165, 1.54) is 4.57 Å². The minimum atomic E-state index is -0.696. The van der Waals surface area contributed by atoms with Gasteiger partial charge in [0.15, 0.2) is 0 Å². The van der Waals surface area contributed by atoms with Crippen LogP contribution >= 0.6 is 0 Å². The summed E-state index contributed by atoms with van der Waals surface area (Å²) in [6, 6.07) is 1.70. The number of nitrogens with zero attached hydrogens (tertiary/aromatic N) is 2. The van der Waals surface area contributed by atoms with E-state index in [0.717, 1.165) is 0 Å². The summed E-state index contributed by atoms with van der Waals surface area (Å²) in [5.74, 6) is -0.696. The third kappa shape index (κ3) is 2.05. The molecule has 2 aromatic heterocycles. The Morgan fingerprint density at radius 3 is 2.84 bits per heavy atom. The van der Waals surface area contributed by atoms with Gasteiger partial charge in [0.1, 0.15) is 5.56 Å². The Kier molecular flexibility index (Phi) is 3.50. The number of anilines is 1. The molecular formula is C13H15N3O3. The minimum absolute atomic E-state index is 0.121. The number of nitrogens with two attached hydrogens (primary N) is 1. The van der Waals surface area contributed by atoms with Gasteiger partial charge in [-0.3, -0.25) is 9.78 Å². The predicted molar refractivity (Wildman–Crippen MR) is 72.0 cm³/mol. The fourth-order valence-corrected chi connectivity index (χ4v) is 2.04. The maximum atomic E-state index is 12.3. The highest BCUT2D eigenvalue weighted by Gasteiger charge is 2.21. The summed E-state index contributed by atoms with van der Waals surface area (Å²) in [5.41, 5.74) is 6.15. The fraction of sp³-hybridized carbons (Fsp3) is 0.308. The molecule has 0 atom stereocenters. The van der Waals surface area contributed by atoms with Crippen LogP contribution in [0.25, 0.3) is 10.9 Å². The zero-order chi connectivity index (χ0) is 14.0. The van der Waals surface area contributed by atoms with Crippen molar-refractivity contribution in [3.8, 4) is 0 Å². The number of esters is 1. The number of nitrogen functional groups attached to an aromatic ring is 1. The number of fused-ring (bicyclic) bond motifs is 1. The summed E-state index contributed by atoms with van der Waals surface area (Å²) in [6.45, 7) is 4.13. The first-order valence-corrected chi connectivity index (χ1v) is 6.04. The maximum absolute atomic E-state index is 12.3. The normalized spacial score (nSPS) is 10.6. The van der Waals surface area contributed by atoms with Crippen LogP contribution in [0, 0.1) is 0 Å². The van der Waals surface area contributed by atoms with Crippen LogP contribution in [0.4, 0.5) is 5.69 Å². The third-order valence-corrected chi connectivity index (χ3v) is 2.90. The van der Waals surface area contributed by atoms with Crippen LogP contribution in [0.1, 0.15) is 24.2 Å². The van der Waals surface area contributed by atoms with Crippen LogP contribution in [0.5, 0.6) is 0 Å². The van der Waals surface area contributed by atoms with Gasteiger partial charge >= 0.3 is 5.97 Å². The molecule has 19 heavy (non-hydrogen) atoms. The number of hydrogen-bond acceptors (Lipinski definition) is 5. The lowest BCUT2D eigenvalue weighted by atomic mass is 10.1. The van der Waals surface area contributed by atoms with Crippen molar-refractivity contribution in [2.24, 2.45) is 0 Å². The molecule has 0 aliphatic rings. The summed E-state index contributed by atoms with van der Waals surface area (Å²) in [4.78, 5) is 28.2. The fourth-order valence-electron chi connectivity index (χ4n) is 2.04. The van der Waals surface area contributed by atoms with Crippen LogP contribution in [-0.4, -0.2) is 22.1 Å². The standard InChI is InChI=1S/C13H15N3O3/c1-3-16-9-5-6-15-7-8(9)11(14)10(12(16)17)13(18)19-4-2/h5-7H,3-4,14H2,1-2H3. The Morgan fingerprint density at radius 1 is 1.47 bits per heavy atom. The third-order valence-electron chi connectivity index (χ3n) is 2.90. The highest BCUT2D eigenvalue weighted by Crippen LogP contribution is 2.21. The van der Waals surface area contributed by atoms with Gasteiger partial charge in [-0.1, -0.05) is 0 Å². The molecule has 2 aromatic rings. The smallest absolute Gasteiger partial charge is 0.345 e. The zero-order valence-corrected chi connectivity index (χ0v) is 10.8. The maximum Gasteiger partial charge on any atom is 0.345 e. The number of hydrogen-bond donors (Lipinski definition) is 1. The van der Waals surface area contributed by atoms with Crippen LogP contribution in [0.3, 0.4) is 0 Å². The van der Waals surface area contributed by atoms with E-state index >= 15 is 0 Å². The van der Waals surface area contributed by atoms with Gasteiger partial charge in [-0.15, -0.1) is 0 Å². The number of aromatic nitrogens is 2. The number of rotatable bonds is 3. The van der Waals surface area contributed by atoms with E-state index in [1.54, 1.807) is 25.4 Å². The van der Waals surface area contributed by atoms with Gasteiger partial charge in [-0.05, 0) is 19.9 Å². The van der Waals surface area contributed by atoms with Crippen LogP contribution < -0.4 is 11.3 Å². The molecule has 0 radical (unpaired) electrons. The lowest BCUT2D eigenvalue weighted by molar-refractivity contribution is 0.0525. The Balaban J connectivity index is 2.85. The van der Waals surface area contributed by atoms with Gasteiger partial charge in [0.05, 0.1) is 17.8 Å². The van der Waals surface area contributed by atoms with E-state index in [9.17, 15) is 9.59 Å². The van der Waals surface area contributed by atoms with E-state index in [4.69, 9.17) is 10.5 Å². The zero-order valence-electron chi connectivity index (χ0n) is 10.8. The van der Waals surface area contributed by atoms with E-state index in [-0.39, 0.29) is 17.9 Å². The molecule has 2 N–H and O–H groups in total. The molecule has 2 heterocycles. The summed E-state index contributed by atoms with van der Waals surface area (Å²) >= 11 is 0. The molecular weight excluding hydrogens is 246 g/mol. The van der Waals surface area contributed by atoms with E-state index in [2.05, 4.69) is 4.98 Å². The van der Waals surface area contributed by atoms with E-state index in [0.29, 0.717) is 17.4 Å². The second kappa shape index (κ2) is 5.09. The summed E-state index contributed by atoms with van der Waals surface area (Å²) in [5, 5.41) is 0.576. The molecule has 6 heteroatoms. The van der Waals surface area contributed by atoms with E-state index in [1.807, 2.05) is 6.92 Å². The van der Waals surface area contributed by atoms with Gasteiger partial charge in [-0.2, -0.15) is 0 Å². The highest BCUT2D eigenvalue weighted by atomic mass is 16.5. The lowest BCUT2D eigenvalue weighted by Gasteiger charge is -2.13. The van der Waals surface area contributed by atoms with Crippen LogP contribution in [0.2, 0.25) is 0 Å². The first kappa shape index (κ1) is 13.1. The summed E-state index contributed by atoms with van der Waals surface area (Å²) in [6.07, 6.45) is 3.12. The van der Waals surface area contributed by atoms with Crippen LogP contribution in [-0.2, 0) is 11.3 Å². The van der Waals surface area contributed by atoms with Crippen molar-refractivity contribution in [2.45, 2.75) is 20.4 Å². The number of ether oxygens (including phenoxy) is 1. The molecule has 0 aliphatic carbocycles. The average molecular weight is 261 g/mol. The average Bonchev–Trinajstić information content (AvgIpc) is 2.40. The first-order chi connectivity index (χ1) is 9.11. The van der Waals surface area contributed by atoms with Crippen molar-refractivity contribution >= 4 is 22.6 Å². The van der Waals surface area contributed by atoms with Gasteiger partial charge in [-0.25, -0.2) is 4.79 Å². The Hall–Kier alpha value is -2.37. The van der Waals surface area contributed by atoms with Crippen molar-refractivity contribution in [1.82, 2.24) is 9.55 Å². The molecule has 0 fully saturated rings. The molecule has 0 bridgehead atoms. The molecule has 6 nitrogen and oxygen atoms in total. The molecule has 0 unspecified atom stereocenters. The quantitative estimate of drug-likeness (QED) is 0.838. The van der Waals surface area contributed by atoms with Gasteiger partial charge < -0.3 is 15.0 Å². The van der Waals surface area contributed by atoms with Crippen molar-refractivity contribution in [1.29, 1.82) is 0 Å². The largest absolute Gasteiger partial charge is 0.462 e. The molecule has 0 amide bonds. The van der Waals surface area contributed by atoms with Crippen molar-refractivity contribution in [2.75, 3.05) is 12.3 Å². The highest BCUT2D eigenvalue weighted by molar-refractivity contribution is 6.03. The number of pyridine rings is 2. The molecule has 100 valence electrons. The number of aryl methyl sites for hydroxylation is 1. The molecule has 0 aromatic carbocycles. The van der Waals surface area contributed by atoms with Gasteiger partial charge in [0.2, 0.25) is 0 Å². The SMILES string of the molecule is CCOC(=O)c1c(N)c2cnccc2n(CC)c1=O. The monoisotopic (exact) mass is 261 g/mol. The lowest BCUT2D eigenvalue weighted by Crippen LogP contribution is -2.29. The molecule has 0 spiro atoms. The van der Waals surface area contributed by atoms with Crippen LogP contribution in [0.15, 0.2) is 23.3 Å². The Bertz CT molecular complexity index is 691. The summed E-state index contributed by atoms with van der Waals surface area (Å²) < 4.78 is 6.37. The minimum Gasteiger partial charge on any atom is -0.462 e. The Morgan fingerprint density at radius 2 is 2.21 bits per heavy atom. The Labute approximate surface area is 109 Å². The van der Waals surface area contributed by atoms with E-state index < -0.39 is 11.5 Å². The van der Waals surface area contributed by atoms with Crippen molar-refractivity contribution in [3.05, 3.63) is 34.4 Å². The second-order valence-electron chi connectivity index (χ2n) is 3.95. The van der Waals surface area contributed by atoms with Crippen molar-refractivity contribution < 1.29 is 9.53 Å². The predicted octanol–water partition coefficient (Wildman–Crippen LogP) is 1.18. The summed E-state index contributed by atoms with van der Waals surface area (Å²) in [7, 11) is 0. The molecule has 0 saturated heterocycles. The van der Waals surface area contributed by atoms with Gasteiger partial charge in [0, 0.05) is 24.3 Å². The van der Waals surface area contributed by atoms with Gasteiger partial charge in [0.25, 0.3) is 5.56 Å². The molecule has 0 aliphatic heterocycles. The van der Waals surface area contributed by atoms with Crippen molar-refractivity contribution in [3.63, 3.8) is 0 Å². The number of carbonyl (C=O) groups is 1.